The number of esters is 1. The highest BCUT2D eigenvalue weighted by Gasteiger charge is 2.38. The van der Waals surface area contributed by atoms with E-state index >= 15 is 0 Å². The fraction of sp³-hybridized carbons (Fsp3) is 0.562. The van der Waals surface area contributed by atoms with Crippen LogP contribution in [0.25, 0.3) is 0 Å². The standard InChI is InChI=1S/C16H23N3O4/c1-21-12-4-3-11-13(14(12)22-2)16(20)23-15(11)18-7-10-19-8-5-17-6-9-19/h3-4,15,17-18H,5-10H2,1-2H3/p+3/t15-/m0/s1. The molecular weight excluding hydrogens is 298 g/mol. The van der Waals surface area contributed by atoms with Crippen molar-refractivity contribution in [3.05, 3.63) is 23.3 Å². The number of cyclic esters (lactones) is 1. The third-order valence-corrected chi connectivity index (χ3v) is 4.61. The molecule has 0 radical (unpaired) electrons. The summed E-state index contributed by atoms with van der Waals surface area (Å²) < 4.78 is 16.1. The van der Waals surface area contributed by atoms with Gasteiger partial charge in [0.2, 0.25) is 0 Å². The van der Waals surface area contributed by atoms with Gasteiger partial charge in [0.25, 0.3) is 6.23 Å². The number of carbonyl (C=O) groups excluding carboxylic acids is 1. The molecule has 1 atom stereocenters. The number of carbonyl (C=O) groups is 1. The molecule has 3 rings (SSSR count). The van der Waals surface area contributed by atoms with Gasteiger partial charge in [-0.2, -0.15) is 0 Å². The van der Waals surface area contributed by atoms with Crippen molar-refractivity contribution in [3.63, 3.8) is 0 Å². The van der Waals surface area contributed by atoms with Crippen molar-refractivity contribution < 1.29 is 34.5 Å². The van der Waals surface area contributed by atoms with Gasteiger partial charge in [-0.3, -0.25) is 0 Å². The van der Waals surface area contributed by atoms with E-state index in [1.165, 1.54) is 26.2 Å². The molecule has 126 valence electrons. The van der Waals surface area contributed by atoms with Crippen molar-refractivity contribution in [3.8, 4) is 11.5 Å². The molecule has 7 nitrogen and oxygen atoms in total. The number of benzene rings is 1. The number of piperazine rings is 1. The summed E-state index contributed by atoms with van der Waals surface area (Å²) in [6.45, 7) is 6.84. The van der Waals surface area contributed by atoms with E-state index in [9.17, 15) is 4.79 Å². The van der Waals surface area contributed by atoms with Crippen LogP contribution in [-0.4, -0.2) is 59.5 Å². The number of hydrogen-bond acceptors (Lipinski definition) is 4. The fourth-order valence-corrected chi connectivity index (χ4v) is 3.37. The highest BCUT2D eigenvalue weighted by molar-refractivity contribution is 5.97. The third-order valence-electron chi connectivity index (χ3n) is 4.61. The van der Waals surface area contributed by atoms with E-state index in [2.05, 4.69) is 10.6 Å². The lowest BCUT2D eigenvalue weighted by atomic mass is 10.1. The van der Waals surface area contributed by atoms with E-state index in [0.29, 0.717) is 17.1 Å². The van der Waals surface area contributed by atoms with Crippen LogP contribution in [0.3, 0.4) is 0 Å². The van der Waals surface area contributed by atoms with Crippen LogP contribution in [0.5, 0.6) is 11.5 Å². The maximum absolute atomic E-state index is 12.2. The number of ether oxygens (including phenoxy) is 3. The lowest BCUT2D eigenvalue weighted by Gasteiger charge is -2.21. The monoisotopic (exact) mass is 324 g/mol. The first-order chi connectivity index (χ1) is 11.2. The highest BCUT2D eigenvalue weighted by atomic mass is 16.6. The summed E-state index contributed by atoms with van der Waals surface area (Å²) in [6.07, 6.45) is -0.284. The van der Waals surface area contributed by atoms with Gasteiger partial charge in [-0.15, -0.1) is 0 Å². The Labute approximate surface area is 135 Å². The Bertz CT molecular complexity index is 573. The van der Waals surface area contributed by atoms with Gasteiger partial charge in [-0.1, -0.05) is 0 Å². The van der Waals surface area contributed by atoms with E-state index in [4.69, 9.17) is 14.2 Å². The van der Waals surface area contributed by atoms with Crippen LogP contribution >= 0.6 is 0 Å². The predicted molar refractivity (Wildman–Crippen MR) is 81.7 cm³/mol. The predicted octanol–water partition coefficient (Wildman–Crippen LogP) is -3.10. The maximum atomic E-state index is 12.2. The molecule has 1 aromatic carbocycles. The molecule has 2 heterocycles. The van der Waals surface area contributed by atoms with Gasteiger partial charge < -0.3 is 29.7 Å². The van der Waals surface area contributed by atoms with Gasteiger partial charge in [0.1, 0.15) is 44.8 Å². The summed E-state index contributed by atoms with van der Waals surface area (Å²) >= 11 is 0. The van der Waals surface area contributed by atoms with Crippen LogP contribution in [-0.2, 0) is 4.74 Å². The molecule has 0 aliphatic carbocycles. The molecule has 0 aromatic heterocycles. The maximum Gasteiger partial charge on any atom is 0.347 e. The molecule has 0 spiro atoms. The molecule has 23 heavy (non-hydrogen) atoms. The topological polar surface area (TPSA) is 82.4 Å². The number of nitrogens with two attached hydrogens (primary N) is 2. The van der Waals surface area contributed by atoms with Gasteiger partial charge >= 0.3 is 5.97 Å². The van der Waals surface area contributed by atoms with Gasteiger partial charge in [-0.05, 0) is 12.1 Å². The van der Waals surface area contributed by atoms with Crippen LogP contribution in [0.2, 0.25) is 0 Å². The quantitative estimate of drug-likeness (QED) is 0.484. The van der Waals surface area contributed by atoms with Crippen LogP contribution in [0.4, 0.5) is 0 Å². The minimum atomic E-state index is -0.336. The lowest BCUT2D eigenvalue weighted by molar-refractivity contribution is -0.957. The number of hydrogen-bond donors (Lipinski definition) is 3. The Morgan fingerprint density at radius 2 is 2.09 bits per heavy atom. The van der Waals surface area contributed by atoms with Crippen LogP contribution in [0.15, 0.2) is 12.1 Å². The number of nitrogens with one attached hydrogen (secondary N) is 1. The van der Waals surface area contributed by atoms with Crippen molar-refractivity contribution >= 4 is 5.97 Å². The van der Waals surface area contributed by atoms with Gasteiger partial charge in [-0.25, -0.2) is 4.79 Å². The Morgan fingerprint density at radius 3 is 2.78 bits per heavy atom. The SMILES string of the molecule is COc1ccc2c(c1OC)C(=O)O[C@@H]2[NH2+]CC[NH+]1CC[NH2+]CC1. The molecule has 0 unspecified atom stereocenters. The highest BCUT2D eigenvalue weighted by Crippen LogP contribution is 2.39. The molecule has 1 aromatic rings. The molecule has 0 bridgehead atoms. The largest absolute Gasteiger partial charge is 0.493 e. The van der Waals surface area contributed by atoms with Crippen LogP contribution in [0.1, 0.15) is 22.1 Å². The van der Waals surface area contributed by atoms with E-state index in [-0.39, 0.29) is 12.2 Å². The van der Waals surface area contributed by atoms with Crippen molar-refractivity contribution in [1.29, 1.82) is 0 Å². The zero-order valence-electron chi connectivity index (χ0n) is 13.8. The normalized spacial score (nSPS) is 21.0. The van der Waals surface area contributed by atoms with E-state index in [1.807, 2.05) is 12.1 Å². The van der Waals surface area contributed by atoms with E-state index in [0.717, 1.165) is 18.7 Å². The molecule has 0 amide bonds. The zero-order chi connectivity index (χ0) is 16.2. The van der Waals surface area contributed by atoms with Gasteiger partial charge in [0.15, 0.2) is 11.5 Å². The molecule has 1 saturated heterocycles. The first kappa shape index (κ1) is 16.0. The zero-order valence-corrected chi connectivity index (χ0v) is 13.8. The molecule has 5 N–H and O–H groups in total. The minimum Gasteiger partial charge on any atom is -0.493 e. The first-order valence-corrected chi connectivity index (χ1v) is 8.19. The summed E-state index contributed by atoms with van der Waals surface area (Å²) in [5, 5.41) is 4.46. The summed E-state index contributed by atoms with van der Waals surface area (Å²) in [4.78, 5) is 13.8. The Morgan fingerprint density at radius 1 is 1.30 bits per heavy atom. The van der Waals surface area contributed by atoms with Crippen LogP contribution in [0, 0.1) is 0 Å². The number of quaternary nitrogens is 3. The molecule has 2 aliphatic heterocycles. The summed E-state index contributed by atoms with van der Waals surface area (Å²) in [6, 6.07) is 3.72. The molecule has 0 saturated carbocycles. The molecular formula is C16H26N3O4+3. The van der Waals surface area contributed by atoms with Crippen molar-refractivity contribution in [2.75, 3.05) is 53.5 Å². The average molecular weight is 324 g/mol. The van der Waals surface area contributed by atoms with E-state index < -0.39 is 0 Å². The second-order valence-corrected chi connectivity index (χ2v) is 5.98. The fourth-order valence-electron chi connectivity index (χ4n) is 3.37. The summed E-state index contributed by atoms with van der Waals surface area (Å²) in [5.41, 5.74) is 1.36. The number of rotatable bonds is 6. The Balaban J connectivity index is 1.66. The van der Waals surface area contributed by atoms with Crippen molar-refractivity contribution in [2.24, 2.45) is 0 Å². The van der Waals surface area contributed by atoms with Gasteiger partial charge in [0, 0.05) is 0 Å². The van der Waals surface area contributed by atoms with Crippen LogP contribution < -0.4 is 25.0 Å². The molecule has 7 heteroatoms. The number of methoxy groups -OCH3 is 2. The summed E-state index contributed by atoms with van der Waals surface area (Å²) in [5.74, 6) is 0.679. The van der Waals surface area contributed by atoms with Crippen molar-refractivity contribution in [2.45, 2.75) is 6.23 Å². The van der Waals surface area contributed by atoms with E-state index in [1.54, 1.807) is 19.1 Å². The lowest BCUT2D eigenvalue weighted by Crippen LogP contribution is -3.22. The average Bonchev–Trinajstić information content (AvgIpc) is 2.91. The smallest absolute Gasteiger partial charge is 0.347 e. The Hall–Kier alpha value is -1.83. The second kappa shape index (κ2) is 7.16. The van der Waals surface area contributed by atoms with Crippen molar-refractivity contribution in [1.82, 2.24) is 0 Å². The summed E-state index contributed by atoms with van der Waals surface area (Å²) in [7, 11) is 3.10. The Kier molecular flexibility index (Phi) is 5.00. The second-order valence-electron chi connectivity index (χ2n) is 5.98. The van der Waals surface area contributed by atoms with Gasteiger partial charge in [0.05, 0.1) is 19.8 Å². The molecule has 2 aliphatic rings. The number of fused-ring (bicyclic) bond motifs is 1. The minimum absolute atomic E-state index is 0.284. The first-order valence-electron chi connectivity index (χ1n) is 8.19. The molecule has 1 fully saturated rings. The third kappa shape index (κ3) is 3.26.